The number of benzene rings is 1. The number of hydrogen-bond acceptors (Lipinski definition) is 5. The van der Waals surface area contributed by atoms with Crippen molar-refractivity contribution in [2.45, 2.75) is 49.8 Å². The van der Waals surface area contributed by atoms with E-state index in [0.29, 0.717) is 37.4 Å². The molecule has 2 unspecified atom stereocenters. The Labute approximate surface area is 189 Å². The molecule has 9 heteroatoms. The second-order valence-corrected chi connectivity index (χ2v) is 11.0. The molecule has 4 rings (SSSR count). The van der Waals surface area contributed by atoms with Crippen LogP contribution in [0.15, 0.2) is 35.2 Å². The van der Waals surface area contributed by atoms with E-state index in [4.69, 9.17) is 0 Å². The van der Waals surface area contributed by atoms with Gasteiger partial charge in [-0.25, -0.2) is 8.42 Å². The molecule has 1 N–H and O–H groups in total. The molecule has 3 amide bonds. The van der Waals surface area contributed by atoms with Crippen molar-refractivity contribution in [2.75, 3.05) is 26.2 Å². The third-order valence-electron chi connectivity index (χ3n) is 7.04. The van der Waals surface area contributed by atoms with Crippen LogP contribution < -0.4 is 5.32 Å². The maximum Gasteiger partial charge on any atom is 0.243 e. The van der Waals surface area contributed by atoms with Crippen LogP contribution in [0.5, 0.6) is 0 Å². The van der Waals surface area contributed by atoms with E-state index in [2.05, 4.69) is 5.32 Å². The number of piperidine rings is 1. The average Bonchev–Trinajstić information content (AvgIpc) is 3.07. The molecule has 2 heterocycles. The van der Waals surface area contributed by atoms with Gasteiger partial charge in [0.1, 0.15) is 0 Å². The summed E-state index contributed by atoms with van der Waals surface area (Å²) in [5, 5.41) is 2.90. The number of hydrogen-bond donors (Lipinski definition) is 1. The van der Waals surface area contributed by atoms with Crippen LogP contribution in [0.3, 0.4) is 0 Å². The molecule has 1 aliphatic carbocycles. The number of rotatable bonds is 7. The predicted molar refractivity (Wildman–Crippen MR) is 118 cm³/mol. The lowest BCUT2D eigenvalue weighted by Crippen LogP contribution is -2.42. The standard InChI is InChI=1S/C23H31N3O5S/c27-21(12-15-26-22(28)19-8-4-5-9-20(19)23(26)29)24-16-17-10-13-25(14-11-17)32(30,31)18-6-2-1-3-7-18/h1-3,6-7,17,19-20H,4-5,8-16H2,(H,24,27). The van der Waals surface area contributed by atoms with Crippen LogP contribution in [-0.4, -0.2) is 61.5 Å². The zero-order valence-corrected chi connectivity index (χ0v) is 19.1. The maximum atomic E-state index is 12.7. The number of nitrogens with one attached hydrogen (secondary N) is 1. The summed E-state index contributed by atoms with van der Waals surface area (Å²) in [6, 6.07) is 8.42. The summed E-state index contributed by atoms with van der Waals surface area (Å²) in [6.07, 6.45) is 4.99. The van der Waals surface area contributed by atoms with Crippen molar-refractivity contribution < 1.29 is 22.8 Å². The lowest BCUT2D eigenvalue weighted by molar-refractivity contribution is -0.140. The van der Waals surface area contributed by atoms with Crippen molar-refractivity contribution in [3.63, 3.8) is 0 Å². The van der Waals surface area contributed by atoms with Gasteiger partial charge in [-0.15, -0.1) is 0 Å². The molecule has 1 aromatic rings. The van der Waals surface area contributed by atoms with Gasteiger partial charge in [-0.3, -0.25) is 19.3 Å². The van der Waals surface area contributed by atoms with Gasteiger partial charge in [-0.2, -0.15) is 4.31 Å². The van der Waals surface area contributed by atoms with Crippen molar-refractivity contribution >= 4 is 27.7 Å². The number of nitrogens with zero attached hydrogens (tertiary/aromatic N) is 2. The van der Waals surface area contributed by atoms with Crippen LogP contribution in [-0.2, 0) is 24.4 Å². The van der Waals surface area contributed by atoms with Crippen LogP contribution in [0.2, 0.25) is 0 Å². The first-order chi connectivity index (χ1) is 15.4. The minimum Gasteiger partial charge on any atom is -0.356 e. The first-order valence-corrected chi connectivity index (χ1v) is 13.0. The van der Waals surface area contributed by atoms with Crippen LogP contribution in [0, 0.1) is 17.8 Å². The lowest BCUT2D eigenvalue weighted by atomic mass is 9.81. The maximum absolute atomic E-state index is 12.7. The molecule has 1 aromatic carbocycles. The highest BCUT2D eigenvalue weighted by Crippen LogP contribution is 2.38. The number of carbonyl (C=O) groups is 3. The summed E-state index contributed by atoms with van der Waals surface area (Å²) in [6.45, 7) is 1.48. The Morgan fingerprint density at radius 3 is 2.12 bits per heavy atom. The van der Waals surface area contributed by atoms with Crippen molar-refractivity contribution in [2.24, 2.45) is 17.8 Å². The number of sulfonamides is 1. The number of likely N-dealkylation sites (tertiary alicyclic amines) is 1. The molecule has 2 aliphatic heterocycles. The third kappa shape index (κ3) is 4.73. The van der Waals surface area contributed by atoms with Gasteiger partial charge in [0.2, 0.25) is 27.7 Å². The summed E-state index contributed by atoms with van der Waals surface area (Å²) < 4.78 is 26.9. The molecule has 2 saturated heterocycles. The number of amides is 3. The molecular formula is C23H31N3O5S. The van der Waals surface area contributed by atoms with Gasteiger partial charge in [0.05, 0.1) is 16.7 Å². The second kappa shape index (κ2) is 9.70. The topological polar surface area (TPSA) is 104 Å². The zero-order valence-electron chi connectivity index (χ0n) is 18.2. The summed E-state index contributed by atoms with van der Waals surface area (Å²) in [5.74, 6) is -0.564. The van der Waals surface area contributed by atoms with E-state index in [9.17, 15) is 22.8 Å². The van der Waals surface area contributed by atoms with Gasteiger partial charge < -0.3 is 5.32 Å². The molecule has 0 bridgehead atoms. The van der Waals surface area contributed by atoms with E-state index in [1.165, 1.54) is 9.21 Å². The van der Waals surface area contributed by atoms with E-state index < -0.39 is 10.0 Å². The Hall–Kier alpha value is -2.26. The highest BCUT2D eigenvalue weighted by molar-refractivity contribution is 7.89. The zero-order chi connectivity index (χ0) is 22.7. The van der Waals surface area contributed by atoms with Crippen LogP contribution in [0.1, 0.15) is 44.9 Å². The minimum absolute atomic E-state index is 0.109. The summed E-state index contributed by atoms with van der Waals surface area (Å²) in [7, 11) is -3.48. The summed E-state index contributed by atoms with van der Waals surface area (Å²) >= 11 is 0. The van der Waals surface area contributed by atoms with Gasteiger partial charge in [-0.05, 0) is 43.7 Å². The van der Waals surface area contributed by atoms with Crippen molar-refractivity contribution in [3.8, 4) is 0 Å². The molecule has 0 spiro atoms. The molecular weight excluding hydrogens is 430 g/mol. The van der Waals surface area contributed by atoms with Crippen LogP contribution >= 0.6 is 0 Å². The normalized spacial score (nSPS) is 25.1. The Morgan fingerprint density at radius 1 is 0.938 bits per heavy atom. The molecule has 8 nitrogen and oxygen atoms in total. The van der Waals surface area contributed by atoms with Gasteiger partial charge >= 0.3 is 0 Å². The molecule has 2 atom stereocenters. The quantitative estimate of drug-likeness (QED) is 0.624. The van der Waals surface area contributed by atoms with Crippen molar-refractivity contribution in [3.05, 3.63) is 30.3 Å². The van der Waals surface area contributed by atoms with Gasteiger partial charge in [-0.1, -0.05) is 31.0 Å². The number of fused-ring (bicyclic) bond motifs is 1. The predicted octanol–water partition coefficient (Wildman–Crippen LogP) is 1.77. The van der Waals surface area contributed by atoms with Crippen LogP contribution in [0.25, 0.3) is 0 Å². The molecule has 32 heavy (non-hydrogen) atoms. The van der Waals surface area contributed by atoms with E-state index >= 15 is 0 Å². The highest BCUT2D eigenvalue weighted by atomic mass is 32.2. The van der Waals surface area contributed by atoms with E-state index in [1.807, 2.05) is 0 Å². The fraction of sp³-hybridized carbons (Fsp3) is 0.609. The summed E-state index contributed by atoms with van der Waals surface area (Å²) in [4.78, 5) is 38.9. The molecule has 3 fully saturated rings. The van der Waals surface area contributed by atoms with Gasteiger partial charge in [0.15, 0.2) is 0 Å². The number of imide groups is 1. The number of carbonyl (C=O) groups excluding carboxylic acids is 3. The fourth-order valence-corrected chi connectivity index (χ4v) is 6.60. The first-order valence-electron chi connectivity index (χ1n) is 11.5. The van der Waals surface area contributed by atoms with E-state index in [1.54, 1.807) is 30.3 Å². The lowest BCUT2D eigenvalue weighted by Gasteiger charge is -2.31. The van der Waals surface area contributed by atoms with Crippen LogP contribution in [0.4, 0.5) is 0 Å². The van der Waals surface area contributed by atoms with E-state index in [0.717, 1.165) is 25.7 Å². The molecule has 0 radical (unpaired) electrons. The third-order valence-corrected chi connectivity index (χ3v) is 8.95. The van der Waals surface area contributed by atoms with E-state index in [-0.39, 0.29) is 48.4 Å². The fourth-order valence-electron chi connectivity index (χ4n) is 5.11. The molecule has 1 saturated carbocycles. The SMILES string of the molecule is O=C(CCN1C(=O)C2CCCCC2C1=O)NCC1CCN(S(=O)(=O)c2ccccc2)CC1. The van der Waals surface area contributed by atoms with Crippen molar-refractivity contribution in [1.29, 1.82) is 0 Å². The second-order valence-electron chi connectivity index (χ2n) is 9.04. The van der Waals surface area contributed by atoms with Crippen molar-refractivity contribution in [1.82, 2.24) is 14.5 Å². The highest BCUT2D eigenvalue weighted by Gasteiger charge is 2.47. The average molecular weight is 462 g/mol. The Morgan fingerprint density at radius 2 is 1.53 bits per heavy atom. The molecule has 3 aliphatic rings. The largest absolute Gasteiger partial charge is 0.356 e. The Balaban J connectivity index is 1.20. The Bertz CT molecular complexity index is 933. The monoisotopic (exact) mass is 461 g/mol. The van der Waals surface area contributed by atoms with Gasteiger partial charge in [0, 0.05) is 32.6 Å². The molecule has 0 aromatic heterocycles. The first kappa shape index (κ1) is 22.9. The van der Waals surface area contributed by atoms with Gasteiger partial charge in [0.25, 0.3) is 0 Å². The smallest absolute Gasteiger partial charge is 0.243 e. The minimum atomic E-state index is -3.48. The molecule has 174 valence electrons. The Kier molecular flexibility index (Phi) is 6.95. The summed E-state index contributed by atoms with van der Waals surface area (Å²) in [5.41, 5.74) is 0.